The maximum Gasteiger partial charge on any atom is 0.253 e. The Morgan fingerprint density at radius 2 is 1.70 bits per heavy atom. The second-order valence-electron chi connectivity index (χ2n) is 7.42. The average Bonchev–Trinajstić information content (AvgIpc) is 2.70. The van der Waals surface area contributed by atoms with E-state index in [1.807, 2.05) is 0 Å². The molecule has 2 aromatic rings. The van der Waals surface area contributed by atoms with Crippen molar-refractivity contribution in [1.82, 2.24) is 5.32 Å². The highest BCUT2D eigenvalue weighted by Gasteiger charge is 2.19. The summed E-state index contributed by atoms with van der Waals surface area (Å²) < 4.78 is 22.6. The first-order valence-corrected chi connectivity index (χ1v) is 11.7. The molecular weight excluding hydrogens is 426 g/mol. The molecule has 2 aromatic carbocycles. The van der Waals surface area contributed by atoms with Crippen LogP contribution in [0.2, 0.25) is 5.02 Å². The summed E-state index contributed by atoms with van der Waals surface area (Å²) in [6.45, 7) is 0. The summed E-state index contributed by atoms with van der Waals surface area (Å²) in [6, 6.07) is 10.7. The number of halogens is 1. The van der Waals surface area contributed by atoms with E-state index in [4.69, 9.17) is 16.7 Å². The van der Waals surface area contributed by atoms with Crippen molar-refractivity contribution in [3.8, 4) is 0 Å². The van der Waals surface area contributed by atoms with E-state index in [2.05, 4.69) is 10.6 Å². The SMILES string of the molecule is NS(=O)(=O)c1ccc(CC(=O)Nc2ccc(Cl)c(C(=O)NC3CCCCC3)c2)cc1. The molecule has 4 N–H and O–H groups in total. The third-order valence-corrected chi connectivity index (χ3v) is 6.31. The number of nitrogens with two attached hydrogens (primary N) is 1. The van der Waals surface area contributed by atoms with Crippen molar-refractivity contribution in [3.63, 3.8) is 0 Å². The molecule has 0 atom stereocenters. The third kappa shape index (κ3) is 6.04. The predicted molar refractivity (Wildman–Crippen MR) is 116 cm³/mol. The van der Waals surface area contributed by atoms with Crippen LogP contribution in [0.5, 0.6) is 0 Å². The average molecular weight is 450 g/mol. The van der Waals surface area contributed by atoms with Gasteiger partial charge in [0.15, 0.2) is 0 Å². The van der Waals surface area contributed by atoms with E-state index in [1.54, 1.807) is 18.2 Å². The van der Waals surface area contributed by atoms with Crippen molar-refractivity contribution in [2.75, 3.05) is 5.32 Å². The van der Waals surface area contributed by atoms with Crippen molar-refractivity contribution in [1.29, 1.82) is 0 Å². The molecule has 0 unspecified atom stereocenters. The molecule has 0 radical (unpaired) electrons. The van der Waals surface area contributed by atoms with Crippen LogP contribution in [0.25, 0.3) is 0 Å². The van der Waals surface area contributed by atoms with Crippen LogP contribution in [-0.4, -0.2) is 26.3 Å². The molecule has 0 saturated heterocycles. The minimum atomic E-state index is -3.78. The van der Waals surface area contributed by atoms with Crippen LogP contribution in [-0.2, 0) is 21.2 Å². The monoisotopic (exact) mass is 449 g/mol. The molecule has 9 heteroatoms. The number of carbonyl (C=O) groups excluding carboxylic acids is 2. The maximum absolute atomic E-state index is 12.6. The summed E-state index contributed by atoms with van der Waals surface area (Å²) in [5.41, 5.74) is 1.40. The smallest absolute Gasteiger partial charge is 0.253 e. The minimum absolute atomic E-state index is 0.0158. The van der Waals surface area contributed by atoms with Crippen LogP contribution in [0, 0.1) is 0 Å². The molecule has 0 aromatic heterocycles. The molecule has 0 heterocycles. The third-order valence-electron chi connectivity index (χ3n) is 5.05. The number of hydrogen-bond acceptors (Lipinski definition) is 4. The first kappa shape index (κ1) is 22.3. The van der Waals surface area contributed by atoms with E-state index in [-0.39, 0.29) is 29.2 Å². The van der Waals surface area contributed by atoms with Gasteiger partial charge in [-0.1, -0.05) is 43.0 Å². The van der Waals surface area contributed by atoms with Gasteiger partial charge in [-0.15, -0.1) is 0 Å². The van der Waals surface area contributed by atoms with E-state index in [9.17, 15) is 18.0 Å². The first-order valence-electron chi connectivity index (χ1n) is 9.74. The highest BCUT2D eigenvalue weighted by atomic mass is 35.5. The highest BCUT2D eigenvalue weighted by Crippen LogP contribution is 2.23. The van der Waals surface area contributed by atoms with Crippen LogP contribution < -0.4 is 15.8 Å². The molecule has 1 aliphatic rings. The lowest BCUT2D eigenvalue weighted by Gasteiger charge is -2.23. The van der Waals surface area contributed by atoms with Crippen molar-refractivity contribution < 1.29 is 18.0 Å². The Bertz CT molecular complexity index is 1030. The Hall–Kier alpha value is -2.42. The van der Waals surface area contributed by atoms with Gasteiger partial charge in [-0.05, 0) is 48.7 Å². The minimum Gasteiger partial charge on any atom is -0.349 e. The van der Waals surface area contributed by atoms with E-state index >= 15 is 0 Å². The number of nitrogens with one attached hydrogen (secondary N) is 2. The summed E-state index contributed by atoms with van der Waals surface area (Å²) in [6.07, 6.45) is 5.37. The van der Waals surface area contributed by atoms with Crippen molar-refractivity contribution in [2.24, 2.45) is 5.14 Å². The zero-order valence-electron chi connectivity index (χ0n) is 16.4. The lowest BCUT2D eigenvalue weighted by Crippen LogP contribution is -2.36. The molecule has 3 rings (SSSR count). The molecule has 160 valence electrons. The second-order valence-corrected chi connectivity index (χ2v) is 9.39. The zero-order valence-corrected chi connectivity index (χ0v) is 17.9. The van der Waals surface area contributed by atoms with Crippen LogP contribution in [0.15, 0.2) is 47.4 Å². The summed E-state index contributed by atoms with van der Waals surface area (Å²) >= 11 is 6.19. The molecule has 1 aliphatic carbocycles. The predicted octanol–water partition coefficient (Wildman–Crippen LogP) is 3.23. The number of rotatable bonds is 6. The molecule has 0 aliphatic heterocycles. The van der Waals surface area contributed by atoms with Crippen LogP contribution in [0.4, 0.5) is 5.69 Å². The van der Waals surface area contributed by atoms with Gasteiger partial charge in [0.2, 0.25) is 15.9 Å². The van der Waals surface area contributed by atoms with Gasteiger partial charge in [0, 0.05) is 11.7 Å². The van der Waals surface area contributed by atoms with Gasteiger partial charge in [0.1, 0.15) is 0 Å². The quantitative estimate of drug-likeness (QED) is 0.627. The zero-order chi connectivity index (χ0) is 21.7. The van der Waals surface area contributed by atoms with E-state index in [1.165, 1.54) is 30.7 Å². The number of hydrogen-bond donors (Lipinski definition) is 3. The number of primary sulfonamides is 1. The highest BCUT2D eigenvalue weighted by molar-refractivity contribution is 7.89. The molecular formula is C21H24ClN3O4S. The molecule has 0 bridgehead atoms. The standard InChI is InChI=1S/C21H24ClN3O4S/c22-19-11-8-16(13-18(19)21(27)25-15-4-2-1-3-5-15)24-20(26)12-14-6-9-17(10-7-14)30(23,28)29/h6-11,13,15H,1-5,12H2,(H,24,26)(H,25,27)(H2,23,28,29). The van der Waals surface area contributed by atoms with Gasteiger partial charge < -0.3 is 10.6 Å². The van der Waals surface area contributed by atoms with Gasteiger partial charge in [0.05, 0.1) is 21.9 Å². The Morgan fingerprint density at radius 3 is 2.33 bits per heavy atom. The number of sulfonamides is 1. The Labute approximate surface area is 181 Å². The Kier molecular flexibility index (Phi) is 7.12. The molecule has 1 fully saturated rings. The lowest BCUT2D eigenvalue weighted by molar-refractivity contribution is -0.115. The summed E-state index contributed by atoms with van der Waals surface area (Å²) in [7, 11) is -3.78. The fourth-order valence-corrected chi connectivity index (χ4v) is 4.19. The number of carbonyl (C=O) groups is 2. The fraction of sp³-hybridized carbons (Fsp3) is 0.333. The van der Waals surface area contributed by atoms with E-state index < -0.39 is 10.0 Å². The fourth-order valence-electron chi connectivity index (χ4n) is 3.47. The van der Waals surface area contributed by atoms with Crippen molar-refractivity contribution >= 4 is 39.1 Å². The van der Waals surface area contributed by atoms with Gasteiger partial charge in [-0.2, -0.15) is 0 Å². The van der Waals surface area contributed by atoms with Gasteiger partial charge in [-0.3, -0.25) is 9.59 Å². The molecule has 7 nitrogen and oxygen atoms in total. The van der Waals surface area contributed by atoms with E-state index in [0.717, 1.165) is 25.7 Å². The van der Waals surface area contributed by atoms with Crippen molar-refractivity contribution in [2.45, 2.75) is 49.5 Å². The van der Waals surface area contributed by atoms with E-state index in [0.29, 0.717) is 21.8 Å². The number of amides is 2. The summed E-state index contributed by atoms with van der Waals surface area (Å²) in [4.78, 5) is 25.0. The maximum atomic E-state index is 12.6. The lowest BCUT2D eigenvalue weighted by atomic mass is 9.95. The summed E-state index contributed by atoms with van der Waals surface area (Å²) in [5.74, 6) is -0.555. The van der Waals surface area contributed by atoms with Crippen LogP contribution >= 0.6 is 11.6 Å². The van der Waals surface area contributed by atoms with Crippen molar-refractivity contribution in [3.05, 3.63) is 58.6 Å². The van der Waals surface area contributed by atoms with Crippen LogP contribution in [0.1, 0.15) is 48.0 Å². The molecule has 2 amide bonds. The first-order chi connectivity index (χ1) is 14.2. The van der Waals surface area contributed by atoms with Gasteiger partial charge in [0.25, 0.3) is 5.91 Å². The summed E-state index contributed by atoms with van der Waals surface area (Å²) in [5, 5.41) is 11.1. The molecule has 0 spiro atoms. The Balaban J connectivity index is 1.64. The number of benzene rings is 2. The van der Waals surface area contributed by atoms with Crippen LogP contribution in [0.3, 0.4) is 0 Å². The molecule has 1 saturated carbocycles. The van der Waals surface area contributed by atoms with Gasteiger partial charge >= 0.3 is 0 Å². The second kappa shape index (κ2) is 9.59. The normalized spacial score (nSPS) is 14.9. The van der Waals surface area contributed by atoms with Gasteiger partial charge in [-0.25, -0.2) is 13.6 Å². The largest absolute Gasteiger partial charge is 0.349 e. The number of anilines is 1. The molecule has 30 heavy (non-hydrogen) atoms. The Morgan fingerprint density at radius 1 is 1.03 bits per heavy atom. The topological polar surface area (TPSA) is 118 Å².